The highest BCUT2D eigenvalue weighted by Gasteiger charge is 2.46. The van der Waals surface area contributed by atoms with Crippen LogP contribution in [0, 0.1) is 16.2 Å². The van der Waals surface area contributed by atoms with Gasteiger partial charge in [-0.1, -0.05) is 345 Å². The average Bonchev–Trinajstić information content (AvgIpc) is 0.787. The van der Waals surface area contributed by atoms with Gasteiger partial charge in [-0.15, -0.1) is 0 Å². The van der Waals surface area contributed by atoms with E-state index in [1.54, 1.807) is 0 Å². The Labute approximate surface area is 741 Å². The molecular formula is C117H129BN4. The normalized spacial score (nSPS) is 14.7. The van der Waals surface area contributed by atoms with Crippen LogP contribution in [0.2, 0.25) is 0 Å². The minimum Gasteiger partial charge on any atom is -0.311 e. The molecule has 4 heterocycles. The van der Waals surface area contributed by atoms with Crippen molar-refractivity contribution in [2.75, 3.05) is 9.80 Å². The van der Waals surface area contributed by atoms with Crippen molar-refractivity contribution >= 4 is 101 Å². The summed E-state index contributed by atoms with van der Waals surface area (Å²) in [7, 11) is 0. The molecule has 0 bridgehead atoms. The highest BCUT2D eigenvalue weighted by atomic mass is 15.2. The fourth-order valence-electron chi connectivity index (χ4n) is 19.1. The molecule has 2 aromatic heterocycles. The van der Waals surface area contributed by atoms with Gasteiger partial charge in [0.2, 0.25) is 0 Å². The first kappa shape index (κ1) is 73.8. The Morgan fingerprint density at radius 2 is 0.582 bits per heavy atom. The molecule has 0 saturated carbocycles. The maximum absolute atomic E-state index is 10.2. The molecule has 0 fully saturated rings. The predicted octanol–water partition coefficient (Wildman–Crippen LogP) is 31.2. The van der Waals surface area contributed by atoms with E-state index in [4.69, 9.17) is 0 Å². The van der Waals surface area contributed by atoms with E-state index in [-0.39, 0.29) is 97.1 Å². The van der Waals surface area contributed by atoms with Crippen LogP contribution in [0.15, 0.2) is 255 Å². The van der Waals surface area contributed by atoms with Crippen LogP contribution in [-0.4, -0.2) is 15.8 Å². The fraction of sp³-hybridized carbons (Fsp3) is 0.333. The summed E-state index contributed by atoms with van der Waals surface area (Å²) >= 11 is 0. The summed E-state index contributed by atoms with van der Waals surface area (Å²) in [4.78, 5) is 5.22. The van der Waals surface area contributed by atoms with E-state index in [1.807, 2.05) is 0 Å². The largest absolute Gasteiger partial charge is 0.311 e. The van der Waals surface area contributed by atoms with Crippen LogP contribution < -0.4 is 26.2 Å². The predicted molar refractivity (Wildman–Crippen MR) is 533 cm³/mol. The van der Waals surface area contributed by atoms with Gasteiger partial charge in [0, 0.05) is 66.8 Å². The summed E-state index contributed by atoms with van der Waals surface area (Å²) in [6.45, 7) is 61.3. The molecule has 0 saturated heterocycles. The molecule has 2 aliphatic heterocycles. The van der Waals surface area contributed by atoms with E-state index in [9.17, 15) is 11.0 Å². The SMILES string of the molecule is [2H]c1c([2H])c([2H])c2c(c1[2H])c1cc(C(C)(C)C)ccc1n2-c1ccc2c(c1)N(c1cc(-c3cccc(C(C)(C)C)c3)c(CC(C)(C)C)cc1-c1cccc(C(C)(C)C)c1)c1cc(CC(C)(C)C)cc3c1B2c1ccc(-n2c4ccc(C(C)(C)C)cc4c4c([2H])c([2H])c([2H])c([2H])c42)cc1N3c1cc(-c2cccc(C(C)(C)C)c2)c(CC(C)(C)C)cc1-c1cccc(C(C)(C)C)c1. The van der Waals surface area contributed by atoms with Gasteiger partial charge in [-0.3, -0.25) is 0 Å². The van der Waals surface area contributed by atoms with Crippen molar-refractivity contribution in [2.24, 2.45) is 16.2 Å². The molecule has 620 valence electrons. The van der Waals surface area contributed by atoms with Gasteiger partial charge in [-0.25, -0.2) is 0 Å². The summed E-state index contributed by atoms with van der Waals surface area (Å²) in [6, 6.07) is 77.0. The maximum Gasteiger partial charge on any atom is 0.252 e. The molecule has 0 aliphatic carbocycles. The Morgan fingerprint density at radius 3 is 0.910 bits per heavy atom. The summed E-state index contributed by atoms with van der Waals surface area (Å²) < 4.78 is 82.4. The number of benzene rings is 13. The number of hydrogen-bond acceptors (Lipinski definition) is 2. The monoisotopic (exact) mass is 1610 g/mol. The van der Waals surface area contributed by atoms with Gasteiger partial charge in [0.15, 0.2) is 0 Å². The third kappa shape index (κ3) is 15.6. The van der Waals surface area contributed by atoms with Crippen molar-refractivity contribution in [1.82, 2.24) is 9.13 Å². The zero-order chi connectivity index (χ0) is 94.0. The van der Waals surface area contributed by atoms with Crippen LogP contribution in [0.25, 0.3) is 99.5 Å². The Morgan fingerprint density at radius 1 is 0.262 bits per heavy atom. The first-order valence-corrected chi connectivity index (χ1v) is 44.4. The van der Waals surface area contributed by atoms with Gasteiger partial charge in [-0.2, -0.15) is 0 Å². The molecule has 0 spiro atoms. The molecule has 2 aliphatic rings. The van der Waals surface area contributed by atoms with Crippen molar-refractivity contribution in [3.05, 3.63) is 305 Å². The van der Waals surface area contributed by atoms with Gasteiger partial charge < -0.3 is 18.9 Å². The lowest BCUT2D eigenvalue weighted by atomic mass is 9.33. The van der Waals surface area contributed by atoms with Gasteiger partial charge in [0.25, 0.3) is 6.71 Å². The summed E-state index contributed by atoms with van der Waals surface area (Å²) in [5, 5.41) is 2.42. The standard InChI is InChI=1S/C117H129BN4/c1-109(2,3)70-73-56-106-108-107(57-73)122(103-69-91(75-37-33-41-81(59-75)113(13,14)15)79(72-111(7,8)9)63-93(103)77-39-35-43-83(61-77)115(19,20)21)105-67-87(120-99-47-31-29-45-89(99)95-65-85(117(25,26)27)49-55-101(95)120)51-53-97(105)118(108)96-52-50-86(119-98-46-30-28-44-88(98)94-64-84(116(22,23)24)48-54-100(94)119)66-104(96)121(106)102-68-90(74-36-32-40-80(58-74)112(10,11)12)78(71-110(4,5)6)62-92(102)76-38-34-42-82(60-76)114(16,17)18/h28-69H,70-72H2,1-27H3/i28D,29D,30D,31D,44D,45D,46D,47D. The van der Waals surface area contributed by atoms with E-state index in [1.165, 1.54) is 33.4 Å². The van der Waals surface area contributed by atoms with Crippen molar-refractivity contribution in [3.63, 3.8) is 0 Å². The van der Waals surface area contributed by atoms with Crippen molar-refractivity contribution in [1.29, 1.82) is 0 Å². The Hall–Kier alpha value is -10.9. The Balaban J connectivity index is 1.11. The third-order valence-corrected chi connectivity index (χ3v) is 25.4. The summed E-state index contributed by atoms with van der Waals surface area (Å²) in [5.41, 5.74) is 29.9. The first-order chi connectivity index (χ1) is 60.4. The molecule has 15 aromatic rings. The second-order valence-corrected chi connectivity index (χ2v) is 45.3. The molecule has 17 rings (SSSR count). The van der Waals surface area contributed by atoms with Gasteiger partial charge in [0.1, 0.15) is 0 Å². The van der Waals surface area contributed by atoms with Crippen LogP contribution in [0.4, 0.5) is 34.1 Å². The highest BCUT2D eigenvalue weighted by molar-refractivity contribution is 7.00. The number of anilines is 6. The lowest BCUT2D eigenvalue weighted by molar-refractivity contribution is 0.411. The molecule has 122 heavy (non-hydrogen) atoms. The zero-order valence-electron chi connectivity index (χ0n) is 85.6. The van der Waals surface area contributed by atoms with E-state index < -0.39 is 6.71 Å². The quantitative estimate of drug-likeness (QED) is 0.120. The van der Waals surface area contributed by atoms with E-state index in [0.717, 1.165) is 158 Å². The zero-order valence-corrected chi connectivity index (χ0v) is 77.6. The summed E-state index contributed by atoms with van der Waals surface area (Å²) in [5.74, 6) is 0. The van der Waals surface area contributed by atoms with Crippen molar-refractivity contribution in [2.45, 2.75) is 239 Å². The second kappa shape index (κ2) is 29.4. The average molecular weight is 1610 g/mol. The Bertz CT molecular complexity index is 6770. The molecule has 5 heteroatoms. The molecular weight excluding hydrogens is 1470 g/mol. The minimum atomic E-state index is -0.518. The van der Waals surface area contributed by atoms with Crippen molar-refractivity contribution < 1.29 is 11.0 Å². The van der Waals surface area contributed by atoms with Crippen LogP contribution in [0.1, 0.15) is 248 Å². The lowest BCUT2D eigenvalue weighted by Crippen LogP contribution is -2.61. The van der Waals surface area contributed by atoms with E-state index in [2.05, 4.69) is 412 Å². The maximum atomic E-state index is 10.2. The van der Waals surface area contributed by atoms with Crippen LogP contribution >= 0.6 is 0 Å². The minimum absolute atomic E-state index is 0.0862. The molecule has 4 nitrogen and oxygen atoms in total. The number of nitrogens with zero attached hydrogens (tertiary/aromatic N) is 4. The van der Waals surface area contributed by atoms with Gasteiger partial charge in [-0.05, 0) is 265 Å². The topological polar surface area (TPSA) is 16.3 Å². The summed E-state index contributed by atoms with van der Waals surface area (Å²) in [6.07, 6.45) is 2.21. The second-order valence-electron chi connectivity index (χ2n) is 45.3. The molecule has 0 atom stereocenters. The molecule has 0 unspecified atom stereocenters. The van der Waals surface area contributed by atoms with E-state index >= 15 is 0 Å². The van der Waals surface area contributed by atoms with Crippen LogP contribution in [-0.2, 0) is 51.8 Å². The fourth-order valence-corrected chi connectivity index (χ4v) is 19.1. The number of fused-ring (bicyclic) bond motifs is 10. The Kier molecular flexibility index (Phi) is 17.8. The molecule has 13 aromatic carbocycles. The molecule has 0 radical (unpaired) electrons. The smallest absolute Gasteiger partial charge is 0.252 e. The van der Waals surface area contributed by atoms with Gasteiger partial charge >= 0.3 is 0 Å². The lowest BCUT2D eigenvalue weighted by Gasteiger charge is -2.46. The highest BCUT2D eigenvalue weighted by Crippen LogP contribution is 2.55. The number of rotatable bonds is 11. The molecule has 0 amide bonds. The number of para-hydroxylation sites is 2. The van der Waals surface area contributed by atoms with Crippen molar-refractivity contribution in [3.8, 4) is 55.9 Å². The number of hydrogen-bond donors (Lipinski definition) is 0. The van der Waals surface area contributed by atoms with Gasteiger partial charge in [0.05, 0.1) is 44.4 Å². The van der Waals surface area contributed by atoms with Crippen LogP contribution in [0.3, 0.4) is 0 Å². The van der Waals surface area contributed by atoms with Crippen LogP contribution in [0.5, 0.6) is 0 Å². The molecule has 0 N–H and O–H groups in total. The number of aromatic nitrogens is 2. The third-order valence-electron chi connectivity index (χ3n) is 25.4. The van der Waals surface area contributed by atoms with E-state index in [0.29, 0.717) is 28.2 Å². The first-order valence-electron chi connectivity index (χ1n) is 48.4.